The Labute approximate surface area is 115 Å². The van der Waals surface area contributed by atoms with E-state index >= 15 is 0 Å². The lowest BCUT2D eigenvalue weighted by atomic mass is 10.1. The molecule has 0 aliphatic heterocycles. The maximum Gasteiger partial charge on any atom is 0.373 e. The summed E-state index contributed by atoms with van der Waals surface area (Å²) in [5.74, 6) is -0.876. The molecule has 0 N–H and O–H groups in total. The highest BCUT2D eigenvalue weighted by Gasteiger charge is 2.20. The monoisotopic (exact) mass is 274 g/mol. The third-order valence-corrected chi connectivity index (χ3v) is 2.79. The molecule has 0 radical (unpaired) electrons. The van der Waals surface area contributed by atoms with Crippen molar-refractivity contribution in [2.75, 3.05) is 7.11 Å². The molecule has 0 aliphatic carbocycles. The fraction of sp³-hybridized carbons (Fsp3) is 0.286. The highest BCUT2D eigenvalue weighted by molar-refractivity contribution is 6.08. The second-order valence-corrected chi connectivity index (χ2v) is 4.18. The maximum absolute atomic E-state index is 12.4. The van der Waals surface area contributed by atoms with Crippen LogP contribution in [0.5, 0.6) is 0 Å². The van der Waals surface area contributed by atoms with Crippen molar-refractivity contribution in [3.8, 4) is 0 Å². The van der Waals surface area contributed by atoms with Gasteiger partial charge in [-0.2, -0.15) is 10.2 Å². The standard InChI is InChI=1S/C14H14N2O4/c1-4-10-9(7-8(2)15-16-10)13(17)11-5-6-12(20-11)14(18)19-3/h5-7H,4H2,1-3H3. The van der Waals surface area contributed by atoms with Crippen molar-refractivity contribution in [3.63, 3.8) is 0 Å². The molecule has 0 amide bonds. The fourth-order valence-corrected chi connectivity index (χ4v) is 1.77. The van der Waals surface area contributed by atoms with E-state index in [0.29, 0.717) is 23.4 Å². The van der Waals surface area contributed by atoms with Gasteiger partial charge >= 0.3 is 5.97 Å². The first-order chi connectivity index (χ1) is 9.56. The number of carbonyl (C=O) groups excluding carboxylic acids is 2. The Morgan fingerprint density at radius 2 is 1.95 bits per heavy atom. The van der Waals surface area contributed by atoms with Crippen LogP contribution in [-0.2, 0) is 11.2 Å². The fourth-order valence-electron chi connectivity index (χ4n) is 1.77. The zero-order valence-electron chi connectivity index (χ0n) is 11.5. The van der Waals surface area contributed by atoms with Gasteiger partial charge in [0.2, 0.25) is 11.5 Å². The molecule has 0 bridgehead atoms. The van der Waals surface area contributed by atoms with Crippen LogP contribution in [-0.4, -0.2) is 29.1 Å². The summed E-state index contributed by atoms with van der Waals surface area (Å²) in [4.78, 5) is 23.7. The van der Waals surface area contributed by atoms with Gasteiger partial charge in [0.15, 0.2) is 5.76 Å². The zero-order valence-corrected chi connectivity index (χ0v) is 11.5. The molecule has 2 heterocycles. The number of methoxy groups -OCH3 is 1. The van der Waals surface area contributed by atoms with E-state index in [1.165, 1.54) is 19.2 Å². The Kier molecular flexibility index (Phi) is 3.93. The molecule has 104 valence electrons. The molecule has 2 rings (SSSR count). The van der Waals surface area contributed by atoms with Crippen LogP contribution in [0.2, 0.25) is 0 Å². The largest absolute Gasteiger partial charge is 0.463 e. The SMILES string of the molecule is CCc1nnc(C)cc1C(=O)c1ccc(C(=O)OC)o1. The first kappa shape index (κ1) is 13.9. The van der Waals surface area contributed by atoms with Crippen molar-refractivity contribution in [1.29, 1.82) is 0 Å². The number of aromatic nitrogens is 2. The number of hydrogen-bond acceptors (Lipinski definition) is 6. The summed E-state index contributed by atoms with van der Waals surface area (Å²) in [5, 5.41) is 7.92. The van der Waals surface area contributed by atoms with Gasteiger partial charge in [-0.1, -0.05) is 6.92 Å². The molecule has 2 aromatic heterocycles. The smallest absolute Gasteiger partial charge is 0.373 e. The number of furan rings is 1. The predicted molar refractivity (Wildman–Crippen MR) is 69.6 cm³/mol. The Bertz CT molecular complexity index is 661. The molecular formula is C14H14N2O4. The molecule has 0 spiro atoms. The van der Waals surface area contributed by atoms with E-state index in [2.05, 4.69) is 14.9 Å². The number of ether oxygens (including phenoxy) is 1. The van der Waals surface area contributed by atoms with Gasteiger partial charge in [-0.15, -0.1) is 0 Å². The van der Waals surface area contributed by atoms with Crippen molar-refractivity contribution in [1.82, 2.24) is 10.2 Å². The van der Waals surface area contributed by atoms with Crippen LogP contribution >= 0.6 is 0 Å². The predicted octanol–water partition coefficient (Wildman–Crippen LogP) is 1.96. The van der Waals surface area contributed by atoms with Crippen LogP contribution in [0.1, 0.15) is 45.0 Å². The van der Waals surface area contributed by atoms with Crippen molar-refractivity contribution < 1.29 is 18.7 Å². The van der Waals surface area contributed by atoms with Gasteiger partial charge in [0.05, 0.1) is 24.1 Å². The lowest BCUT2D eigenvalue weighted by Gasteiger charge is -2.04. The maximum atomic E-state index is 12.4. The molecule has 0 aromatic carbocycles. The highest BCUT2D eigenvalue weighted by atomic mass is 16.5. The summed E-state index contributed by atoms with van der Waals surface area (Å²) in [6, 6.07) is 4.52. The lowest BCUT2D eigenvalue weighted by molar-refractivity contribution is 0.0563. The van der Waals surface area contributed by atoms with Gasteiger partial charge in [-0.05, 0) is 31.5 Å². The van der Waals surface area contributed by atoms with Crippen LogP contribution in [0.4, 0.5) is 0 Å². The summed E-state index contributed by atoms with van der Waals surface area (Å²) in [7, 11) is 1.25. The number of nitrogens with zero attached hydrogens (tertiary/aromatic N) is 2. The minimum atomic E-state index is -0.621. The molecule has 0 unspecified atom stereocenters. The van der Waals surface area contributed by atoms with E-state index in [0.717, 1.165) is 0 Å². The molecule has 0 saturated carbocycles. The van der Waals surface area contributed by atoms with Crippen LogP contribution in [0.3, 0.4) is 0 Å². The Balaban J connectivity index is 2.38. The zero-order chi connectivity index (χ0) is 14.7. The van der Waals surface area contributed by atoms with Crippen LogP contribution in [0, 0.1) is 6.92 Å². The van der Waals surface area contributed by atoms with E-state index in [9.17, 15) is 9.59 Å². The number of carbonyl (C=O) groups is 2. The number of ketones is 1. The number of hydrogen-bond donors (Lipinski definition) is 0. The minimum absolute atomic E-state index is 0.00682. The second-order valence-electron chi connectivity index (χ2n) is 4.18. The average molecular weight is 274 g/mol. The quantitative estimate of drug-likeness (QED) is 0.626. The molecule has 6 nitrogen and oxygen atoms in total. The molecule has 0 saturated heterocycles. The average Bonchev–Trinajstić information content (AvgIpc) is 2.95. The van der Waals surface area contributed by atoms with Crippen LogP contribution in [0.15, 0.2) is 22.6 Å². The van der Waals surface area contributed by atoms with E-state index < -0.39 is 5.97 Å². The summed E-state index contributed by atoms with van der Waals surface area (Å²) < 4.78 is 9.75. The molecule has 6 heteroatoms. The second kappa shape index (κ2) is 5.64. The van der Waals surface area contributed by atoms with Crippen molar-refractivity contribution in [2.45, 2.75) is 20.3 Å². The summed E-state index contributed by atoms with van der Waals surface area (Å²) in [6.45, 7) is 3.64. The first-order valence-electron chi connectivity index (χ1n) is 6.12. The van der Waals surface area contributed by atoms with Gasteiger partial charge in [-0.25, -0.2) is 4.79 Å². The van der Waals surface area contributed by atoms with Crippen molar-refractivity contribution >= 4 is 11.8 Å². The van der Waals surface area contributed by atoms with Crippen molar-refractivity contribution in [2.24, 2.45) is 0 Å². The van der Waals surface area contributed by atoms with Gasteiger partial charge in [0.1, 0.15) is 0 Å². The lowest BCUT2D eigenvalue weighted by Crippen LogP contribution is -2.08. The summed E-state index contributed by atoms with van der Waals surface area (Å²) >= 11 is 0. The van der Waals surface area contributed by atoms with E-state index in [-0.39, 0.29) is 17.3 Å². The Morgan fingerprint density at radius 3 is 2.60 bits per heavy atom. The normalized spacial score (nSPS) is 10.3. The molecule has 2 aromatic rings. The Hall–Kier alpha value is -2.50. The van der Waals surface area contributed by atoms with Gasteiger partial charge in [0, 0.05) is 0 Å². The summed E-state index contributed by atoms with van der Waals surface area (Å²) in [5.41, 5.74) is 1.67. The number of aryl methyl sites for hydroxylation is 2. The summed E-state index contributed by atoms with van der Waals surface area (Å²) in [6.07, 6.45) is 0.582. The van der Waals surface area contributed by atoms with Crippen molar-refractivity contribution in [3.05, 3.63) is 46.7 Å². The first-order valence-corrected chi connectivity index (χ1v) is 6.12. The molecular weight excluding hydrogens is 260 g/mol. The number of rotatable bonds is 4. The van der Waals surface area contributed by atoms with Crippen LogP contribution < -0.4 is 0 Å². The number of esters is 1. The minimum Gasteiger partial charge on any atom is -0.463 e. The third-order valence-electron chi connectivity index (χ3n) is 2.79. The van der Waals surface area contributed by atoms with Gasteiger partial charge in [0.25, 0.3) is 0 Å². The topological polar surface area (TPSA) is 82.3 Å². The highest BCUT2D eigenvalue weighted by Crippen LogP contribution is 2.17. The molecule has 0 atom stereocenters. The van der Waals surface area contributed by atoms with E-state index in [1.54, 1.807) is 13.0 Å². The molecule has 0 fully saturated rings. The molecule has 20 heavy (non-hydrogen) atoms. The Morgan fingerprint density at radius 1 is 1.25 bits per heavy atom. The van der Waals surface area contributed by atoms with E-state index in [1.807, 2.05) is 6.92 Å². The van der Waals surface area contributed by atoms with Gasteiger partial charge < -0.3 is 9.15 Å². The molecule has 0 aliphatic rings. The van der Waals surface area contributed by atoms with E-state index in [4.69, 9.17) is 4.42 Å². The third kappa shape index (κ3) is 2.59. The van der Waals surface area contributed by atoms with Crippen LogP contribution in [0.25, 0.3) is 0 Å². The van der Waals surface area contributed by atoms with Gasteiger partial charge in [-0.3, -0.25) is 4.79 Å².